The summed E-state index contributed by atoms with van der Waals surface area (Å²) in [7, 11) is 6.17. The van der Waals surface area contributed by atoms with Crippen LogP contribution in [0, 0.1) is 0 Å². The molecule has 0 fully saturated rings. The molecule has 0 saturated heterocycles. The fourth-order valence-electron chi connectivity index (χ4n) is 2.83. The van der Waals surface area contributed by atoms with Gasteiger partial charge in [0, 0.05) is 0 Å². The van der Waals surface area contributed by atoms with Gasteiger partial charge in [0.1, 0.15) is 7.85 Å². The molecule has 0 amide bonds. The Balaban J connectivity index is 0.000000807. The van der Waals surface area contributed by atoms with E-state index in [1.54, 1.807) is 0 Å². The molecule has 20 heavy (non-hydrogen) atoms. The fourth-order valence-corrected chi connectivity index (χ4v) is 2.83. The Kier molecular flexibility index (Phi) is 3.60. The van der Waals surface area contributed by atoms with Gasteiger partial charge in [0.05, 0.1) is 0 Å². The molecule has 0 aliphatic heterocycles. The largest absolute Gasteiger partial charge is 1.00 e. The zero-order valence-electron chi connectivity index (χ0n) is 12.4. The summed E-state index contributed by atoms with van der Waals surface area (Å²) < 4.78 is 0. The first-order chi connectivity index (χ1) is 9.33. The van der Waals surface area contributed by atoms with Gasteiger partial charge in [-0.3, -0.25) is 0 Å². The molecule has 4 aromatic carbocycles. The van der Waals surface area contributed by atoms with E-state index in [1.165, 1.54) is 26.9 Å². The Hall–Kier alpha value is -1.28. The molecule has 4 aromatic rings. The maximum Gasteiger partial charge on any atom is 1.00 e. The fraction of sp³-hybridized carbons (Fsp3) is 0. The first kappa shape index (κ1) is 13.7. The van der Waals surface area contributed by atoms with E-state index in [4.69, 9.17) is 7.85 Å². The molecule has 2 heteroatoms. The molecule has 0 N–H and O–H groups in total. The van der Waals surface area contributed by atoms with Gasteiger partial charge in [-0.2, -0.15) is 0 Å². The summed E-state index contributed by atoms with van der Waals surface area (Å²) in [5.74, 6) is 0. The van der Waals surface area contributed by atoms with Crippen LogP contribution in [0.15, 0.2) is 66.7 Å². The van der Waals surface area contributed by atoms with E-state index in [-0.39, 0.29) is 31.0 Å². The molecule has 88 valence electrons. The second-order valence-electron chi connectivity index (χ2n) is 4.93. The van der Waals surface area contributed by atoms with E-state index in [9.17, 15) is 0 Å². The van der Waals surface area contributed by atoms with Crippen LogP contribution in [0.5, 0.6) is 0 Å². The van der Waals surface area contributed by atoms with Crippen LogP contribution in [0.3, 0.4) is 0 Å². The molecular weight excluding hydrogens is 250 g/mol. The number of rotatable bonds is 0. The Morgan fingerprint density at radius 2 is 1.30 bits per heavy atom. The Labute approximate surface area is 143 Å². The van der Waals surface area contributed by atoms with Crippen LogP contribution < -0.4 is 35.0 Å². The van der Waals surface area contributed by atoms with Crippen molar-refractivity contribution in [1.82, 2.24) is 0 Å². The van der Waals surface area contributed by atoms with Gasteiger partial charge in [-0.05, 0) is 44.5 Å². The van der Waals surface area contributed by atoms with Crippen LogP contribution in [-0.4, -0.2) is 7.85 Å². The normalized spacial score (nSPS) is 10.8. The smallest absolute Gasteiger partial charge is 1.00 e. The van der Waals surface area contributed by atoms with Crippen molar-refractivity contribution in [2.45, 2.75) is 0 Å². The quantitative estimate of drug-likeness (QED) is 0.252. The average molecular weight is 262 g/mol. The molecule has 0 saturated carbocycles. The zero-order chi connectivity index (χ0) is 12.8. The molecule has 0 bridgehead atoms. The molecule has 0 spiro atoms. The number of hydrogen-bond donors (Lipinski definition) is 0. The standard InChI is InChI=1S/C18H11B.Na.H/c19-17-7-3-6-12-8-9-15-10-13-4-1-2-5-14(13)11-16(15)18(12)17;;/h1-11H;;/q;+1;-1. The Morgan fingerprint density at radius 1 is 0.650 bits per heavy atom. The zero-order valence-corrected chi connectivity index (χ0v) is 13.4. The van der Waals surface area contributed by atoms with E-state index in [0.717, 1.165) is 10.8 Å². The third-order valence-electron chi connectivity index (χ3n) is 3.76. The molecular formula is C18H12BNa. The van der Waals surface area contributed by atoms with Crippen molar-refractivity contribution in [3.05, 3.63) is 66.7 Å². The topological polar surface area (TPSA) is 0 Å². The third kappa shape index (κ3) is 2.07. The summed E-state index contributed by atoms with van der Waals surface area (Å²) in [6.07, 6.45) is 0. The average Bonchev–Trinajstić information content (AvgIpc) is 2.45. The molecule has 0 aliphatic rings. The van der Waals surface area contributed by atoms with Crippen molar-refractivity contribution in [3.63, 3.8) is 0 Å². The van der Waals surface area contributed by atoms with Crippen LogP contribution >= 0.6 is 0 Å². The summed E-state index contributed by atoms with van der Waals surface area (Å²) >= 11 is 0. The summed E-state index contributed by atoms with van der Waals surface area (Å²) in [6, 6.07) is 23.3. The second-order valence-corrected chi connectivity index (χ2v) is 4.93. The predicted molar refractivity (Wildman–Crippen MR) is 85.5 cm³/mol. The first-order valence-corrected chi connectivity index (χ1v) is 6.43. The van der Waals surface area contributed by atoms with Crippen molar-refractivity contribution in [3.8, 4) is 0 Å². The molecule has 0 aromatic heterocycles. The third-order valence-corrected chi connectivity index (χ3v) is 3.76. The van der Waals surface area contributed by atoms with E-state index in [2.05, 4.69) is 54.6 Å². The molecule has 0 heterocycles. The van der Waals surface area contributed by atoms with Gasteiger partial charge < -0.3 is 1.43 Å². The van der Waals surface area contributed by atoms with Crippen LogP contribution in [0.2, 0.25) is 0 Å². The van der Waals surface area contributed by atoms with Gasteiger partial charge in [-0.25, -0.2) is 0 Å². The summed E-state index contributed by atoms with van der Waals surface area (Å²) in [4.78, 5) is 0. The maximum absolute atomic E-state index is 6.17. The van der Waals surface area contributed by atoms with Crippen molar-refractivity contribution < 1.29 is 31.0 Å². The Bertz CT molecular complexity index is 934. The maximum atomic E-state index is 6.17. The van der Waals surface area contributed by atoms with Gasteiger partial charge in [0.2, 0.25) is 0 Å². The minimum absolute atomic E-state index is 0. The summed E-state index contributed by atoms with van der Waals surface area (Å²) in [5.41, 5.74) is 0.846. The van der Waals surface area contributed by atoms with Gasteiger partial charge in [0.25, 0.3) is 0 Å². The molecule has 0 unspecified atom stereocenters. The predicted octanol–water partition coefficient (Wildman–Crippen LogP) is 1.06. The van der Waals surface area contributed by atoms with Gasteiger partial charge in [-0.15, -0.1) is 0 Å². The molecule has 2 radical (unpaired) electrons. The SMILES string of the molecule is [B]c1cccc2ccc3cc4ccccc4cc3c12.[H-].[Na+]. The van der Waals surface area contributed by atoms with E-state index in [1.807, 2.05) is 12.1 Å². The van der Waals surface area contributed by atoms with Gasteiger partial charge in [0.15, 0.2) is 0 Å². The second kappa shape index (κ2) is 5.25. The van der Waals surface area contributed by atoms with Gasteiger partial charge in [-0.1, -0.05) is 60.1 Å². The molecule has 0 aliphatic carbocycles. The number of benzene rings is 4. The molecule has 0 atom stereocenters. The van der Waals surface area contributed by atoms with Crippen molar-refractivity contribution in [2.75, 3.05) is 0 Å². The van der Waals surface area contributed by atoms with E-state index >= 15 is 0 Å². The molecule has 0 nitrogen and oxygen atoms in total. The van der Waals surface area contributed by atoms with Crippen molar-refractivity contribution in [2.24, 2.45) is 0 Å². The van der Waals surface area contributed by atoms with Gasteiger partial charge >= 0.3 is 29.6 Å². The van der Waals surface area contributed by atoms with Crippen LogP contribution in [-0.2, 0) is 0 Å². The first-order valence-electron chi connectivity index (χ1n) is 6.43. The minimum Gasteiger partial charge on any atom is -1.00 e. The van der Waals surface area contributed by atoms with Crippen molar-refractivity contribution in [1.29, 1.82) is 0 Å². The van der Waals surface area contributed by atoms with E-state index in [0.29, 0.717) is 0 Å². The van der Waals surface area contributed by atoms with Crippen molar-refractivity contribution >= 4 is 45.6 Å². The summed E-state index contributed by atoms with van der Waals surface area (Å²) in [6.45, 7) is 0. The van der Waals surface area contributed by atoms with E-state index < -0.39 is 0 Å². The summed E-state index contributed by atoms with van der Waals surface area (Å²) in [5, 5.41) is 7.35. The minimum atomic E-state index is 0. The Morgan fingerprint density at radius 3 is 2.10 bits per heavy atom. The number of fused-ring (bicyclic) bond motifs is 4. The number of hydrogen-bond acceptors (Lipinski definition) is 0. The molecule has 4 rings (SSSR count). The van der Waals surface area contributed by atoms with Crippen LogP contribution in [0.4, 0.5) is 0 Å². The van der Waals surface area contributed by atoms with Crippen LogP contribution in [0.1, 0.15) is 1.43 Å². The van der Waals surface area contributed by atoms with Crippen LogP contribution in [0.25, 0.3) is 32.3 Å². The monoisotopic (exact) mass is 262 g/mol.